The number of aliphatic carboxylic acids is 1. The lowest BCUT2D eigenvalue weighted by Gasteiger charge is -2.24. The van der Waals surface area contributed by atoms with Crippen LogP contribution in [0.25, 0.3) is 0 Å². The minimum absolute atomic E-state index is 0.0788. The largest absolute Gasteiger partial charge is 0.481 e. The van der Waals surface area contributed by atoms with Crippen molar-refractivity contribution in [1.29, 1.82) is 0 Å². The molecule has 0 saturated carbocycles. The van der Waals surface area contributed by atoms with Gasteiger partial charge in [0.25, 0.3) is 0 Å². The Morgan fingerprint density at radius 3 is 2.90 bits per heavy atom. The average molecular weight is 301 g/mol. The van der Waals surface area contributed by atoms with Crippen LogP contribution < -0.4 is 5.32 Å². The van der Waals surface area contributed by atoms with Crippen LogP contribution in [0.1, 0.15) is 19.3 Å². The first-order chi connectivity index (χ1) is 9.47. The number of amides is 2. The Balaban J connectivity index is 2.05. The molecule has 0 aromatic heterocycles. The maximum absolute atomic E-state index is 12.9. The standard InChI is InChI=1S/C13H14ClFN2O3/c14-10-6-8(15)3-4-11(10)16-13(20)17-5-1-2-9(17)7-12(18)19/h3-4,6,9H,1-2,5,7H2,(H,16,20)(H,18,19). The van der Waals surface area contributed by atoms with Crippen LogP contribution in [-0.4, -0.2) is 34.6 Å². The van der Waals surface area contributed by atoms with Crippen LogP contribution >= 0.6 is 11.6 Å². The van der Waals surface area contributed by atoms with Gasteiger partial charge in [0.15, 0.2) is 0 Å². The second-order valence-corrected chi connectivity index (χ2v) is 5.05. The predicted molar refractivity (Wildman–Crippen MR) is 72.4 cm³/mol. The van der Waals surface area contributed by atoms with Crippen LogP contribution in [-0.2, 0) is 4.79 Å². The van der Waals surface area contributed by atoms with Crippen LogP contribution in [0.15, 0.2) is 18.2 Å². The van der Waals surface area contributed by atoms with Crippen molar-refractivity contribution in [2.45, 2.75) is 25.3 Å². The molecule has 1 atom stereocenters. The normalized spacial score (nSPS) is 18.1. The monoisotopic (exact) mass is 300 g/mol. The fourth-order valence-electron chi connectivity index (χ4n) is 2.29. The molecular weight excluding hydrogens is 287 g/mol. The van der Waals surface area contributed by atoms with Crippen molar-refractivity contribution in [3.63, 3.8) is 0 Å². The summed E-state index contributed by atoms with van der Waals surface area (Å²) >= 11 is 5.83. The number of carbonyl (C=O) groups excluding carboxylic acids is 1. The third-order valence-electron chi connectivity index (χ3n) is 3.22. The van der Waals surface area contributed by atoms with E-state index < -0.39 is 17.8 Å². The van der Waals surface area contributed by atoms with Crippen molar-refractivity contribution in [1.82, 2.24) is 4.90 Å². The molecule has 0 radical (unpaired) electrons. The van der Waals surface area contributed by atoms with E-state index in [1.807, 2.05) is 0 Å². The Labute approximate surface area is 120 Å². The van der Waals surface area contributed by atoms with E-state index in [0.717, 1.165) is 12.5 Å². The lowest BCUT2D eigenvalue weighted by Crippen LogP contribution is -2.39. The van der Waals surface area contributed by atoms with Gasteiger partial charge in [0.2, 0.25) is 0 Å². The van der Waals surface area contributed by atoms with Gasteiger partial charge in [-0.2, -0.15) is 0 Å². The second kappa shape index (κ2) is 6.09. The van der Waals surface area contributed by atoms with E-state index in [1.54, 1.807) is 0 Å². The van der Waals surface area contributed by atoms with Crippen molar-refractivity contribution >= 4 is 29.3 Å². The minimum Gasteiger partial charge on any atom is -0.481 e. The minimum atomic E-state index is -0.936. The number of hydrogen-bond donors (Lipinski definition) is 2. The highest BCUT2D eigenvalue weighted by Crippen LogP contribution is 2.25. The highest BCUT2D eigenvalue weighted by atomic mass is 35.5. The number of rotatable bonds is 3. The molecule has 7 heteroatoms. The van der Waals surface area contributed by atoms with E-state index in [1.165, 1.54) is 17.0 Å². The van der Waals surface area contributed by atoms with Crippen molar-refractivity contribution in [2.24, 2.45) is 0 Å². The van der Waals surface area contributed by atoms with E-state index in [0.29, 0.717) is 18.7 Å². The van der Waals surface area contributed by atoms with Crippen molar-refractivity contribution < 1.29 is 19.1 Å². The number of carboxylic acid groups (broad SMARTS) is 1. The molecule has 1 saturated heterocycles. The summed E-state index contributed by atoms with van der Waals surface area (Å²) in [4.78, 5) is 24.3. The molecule has 20 heavy (non-hydrogen) atoms. The Morgan fingerprint density at radius 1 is 1.50 bits per heavy atom. The first-order valence-corrected chi connectivity index (χ1v) is 6.59. The summed E-state index contributed by atoms with van der Waals surface area (Å²) in [5.74, 6) is -1.42. The van der Waals surface area contributed by atoms with Crippen LogP contribution in [0.3, 0.4) is 0 Å². The first kappa shape index (κ1) is 14.6. The first-order valence-electron chi connectivity index (χ1n) is 6.22. The van der Waals surface area contributed by atoms with E-state index in [-0.39, 0.29) is 17.5 Å². The molecule has 1 unspecified atom stereocenters. The van der Waals surface area contributed by atoms with Gasteiger partial charge in [0, 0.05) is 12.6 Å². The summed E-state index contributed by atoms with van der Waals surface area (Å²) in [5.41, 5.74) is 0.305. The molecular formula is C13H14ClFN2O3. The molecule has 0 bridgehead atoms. The summed E-state index contributed by atoms with van der Waals surface area (Å²) in [6.45, 7) is 0.503. The number of anilines is 1. The van der Waals surface area contributed by atoms with Gasteiger partial charge in [-0.1, -0.05) is 11.6 Å². The molecule has 1 aromatic carbocycles. The van der Waals surface area contributed by atoms with Gasteiger partial charge < -0.3 is 15.3 Å². The van der Waals surface area contributed by atoms with Crippen LogP contribution in [0.5, 0.6) is 0 Å². The molecule has 1 aliphatic heterocycles. The lowest BCUT2D eigenvalue weighted by atomic mass is 10.1. The SMILES string of the molecule is O=C(O)CC1CCCN1C(=O)Nc1ccc(F)cc1Cl. The molecule has 2 amide bonds. The number of carboxylic acids is 1. The van der Waals surface area contributed by atoms with Gasteiger partial charge in [0.1, 0.15) is 5.82 Å². The number of nitrogens with one attached hydrogen (secondary N) is 1. The number of hydrogen-bond acceptors (Lipinski definition) is 2. The third-order valence-corrected chi connectivity index (χ3v) is 3.53. The summed E-state index contributed by atoms with van der Waals surface area (Å²) in [6.07, 6.45) is 1.35. The Hall–Kier alpha value is -1.82. The van der Waals surface area contributed by atoms with E-state index >= 15 is 0 Å². The van der Waals surface area contributed by atoms with Crippen molar-refractivity contribution in [3.05, 3.63) is 29.0 Å². The number of halogens is 2. The zero-order valence-electron chi connectivity index (χ0n) is 10.6. The molecule has 108 valence electrons. The van der Waals surface area contributed by atoms with Gasteiger partial charge in [-0.15, -0.1) is 0 Å². The zero-order chi connectivity index (χ0) is 14.7. The van der Waals surface area contributed by atoms with Crippen LogP contribution in [0.4, 0.5) is 14.9 Å². The fourth-order valence-corrected chi connectivity index (χ4v) is 2.51. The summed E-state index contributed by atoms with van der Waals surface area (Å²) in [7, 11) is 0. The highest BCUT2D eigenvalue weighted by Gasteiger charge is 2.30. The second-order valence-electron chi connectivity index (χ2n) is 4.64. The average Bonchev–Trinajstić information content (AvgIpc) is 2.80. The molecule has 1 fully saturated rings. The number of nitrogens with zero attached hydrogens (tertiary/aromatic N) is 1. The molecule has 0 aliphatic carbocycles. The van der Waals surface area contributed by atoms with Gasteiger partial charge in [0.05, 0.1) is 17.1 Å². The maximum atomic E-state index is 12.9. The summed E-state index contributed by atoms with van der Waals surface area (Å²) in [6, 6.07) is 2.95. The molecule has 0 spiro atoms. The van der Waals surface area contributed by atoms with Gasteiger partial charge in [-0.25, -0.2) is 9.18 Å². The molecule has 1 aliphatic rings. The Kier molecular flexibility index (Phi) is 4.44. The number of benzene rings is 1. The Bertz CT molecular complexity index is 538. The van der Waals surface area contributed by atoms with Crippen LogP contribution in [0.2, 0.25) is 5.02 Å². The van der Waals surface area contributed by atoms with Gasteiger partial charge in [-0.05, 0) is 31.0 Å². The molecule has 2 N–H and O–H groups in total. The Morgan fingerprint density at radius 2 is 2.25 bits per heavy atom. The van der Waals surface area contributed by atoms with Gasteiger partial charge >= 0.3 is 12.0 Å². The fraction of sp³-hybridized carbons (Fsp3) is 0.385. The molecule has 1 aromatic rings. The molecule has 5 nitrogen and oxygen atoms in total. The third kappa shape index (κ3) is 3.39. The van der Waals surface area contributed by atoms with Crippen molar-refractivity contribution in [2.75, 3.05) is 11.9 Å². The smallest absolute Gasteiger partial charge is 0.322 e. The maximum Gasteiger partial charge on any atom is 0.322 e. The quantitative estimate of drug-likeness (QED) is 0.901. The highest BCUT2D eigenvalue weighted by molar-refractivity contribution is 6.33. The van der Waals surface area contributed by atoms with Gasteiger partial charge in [-0.3, -0.25) is 4.79 Å². The number of urea groups is 1. The predicted octanol–water partition coefficient (Wildman–Crippen LogP) is 2.95. The topological polar surface area (TPSA) is 69.6 Å². The lowest BCUT2D eigenvalue weighted by molar-refractivity contribution is -0.137. The summed E-state index contributed by atoms with van der Waals surface area (Å²) in [5, 5.41) is 11.5. The number of carbonyl (C=O) groups is 2. The molecule has 2 rings (SSSR count). The number of likely N-dealkylation sites (tertiary alicyclic amines) is 1. The van der Waals surface area contributed by atoms with Crippen LogP contribution in [0, 0.1) is 5.82 Å². The zero-order valence-corrected chi connectivity index (χ0v) is 11.4. The van der Waals surface area contributed by atoms with Crippen molar-refractivity contribution in [3.8, 4) is 0 Å². The van der Waals surface area contributed by atoms with E-state index in [9.17, 15) is 14.0 Å². The molecule has 1 heterocycles. The summed E-state index contributed by atoms with van der Waals surface area (Å²) < 4.78 is 12.9. The van der Waals surface area contributed by atoms with E-state index in [2.05, 4.69) is 5.32 Å². The van der Waals surface area contributed by atoms with E-state index in [4.69, 9.17) is 16.7 Å².